The molecule has 1 aliphatic rings. The number of halogens is 1. The second-order valence-corrected chi connectivity index (χ2v) is 19.0. The topological polar surface area (TPSA) is 69.5 Å². The predicted molar refractivity (Wildman–Crippen MR) is 162 cm³/mol. The third-order valence-electron chi connectivity index (χ3n) is 6.83. The van der Waals surface area contributed by atoms with Crippen LogP contribution in [0.2, 0.25) is 25.7 Å². The van der Waals surface area contributed by atoms with Gasteiger partial charge in [-0.3, -0.25) is 0 Å². The Labute approximate surface area is 242 Å². The van der Waals surface area contributed by atoms with E-state index in [9.17, 15) is 4.79 Å². The van der Waals surface area contributed by atoms with Crippen LogP contribution in [-0.4, -0.2) is 59.4 Å². The standard InChI is InChI=1S/C30H41BrN4O3Si/c1-30(2,3)38-29(36)34-15-13-23(14-16-34)27-19-25(31)11-12-26(27)22-7-9-24(10-8-22)28-20-32-35(33-28)21-37-17-18-39(4,5)6/h7-12,19-20,23H,13-18,21H2,1-6H3. The Bertz CT molecular complexity index is 1260. The van der Waals surface area contributed by atoms with E-state index in [4.69, 9.17) is 9.47 Å². The van der Waals surface area contributed by atoms with Gasteiger partial charge < -0.3 is 14.4 Å². The summed E-state index contributed by atoms with van der Waals surface area (Å²) in [5, 5.41) is 8.99. The third kappa shape index (κ3) is 8.49. The molecule has 0 bridgehead atoms. The van der Waals surface area contributed by atoms with Crippen molar-refractivity contribution in [3.8, 4) is 22.4 Å². The SMILES string of the molecule is CC(C)(C)OC(=O)N1CCC(c2cc(Br)ccc2-c2ccc(-c3cnn(COCC[Si](C)(C)C)n3)cc2)CC1. The van der Waals surface area contributed by atoms with Crippen molar-refractivity contribution < 1.29 is 14.3 Å². The minimum absolute atomic E-state index is 0.221. The summed E-state index contributed by atoms with van der Waals surface area (Å²) in [6.07, 6.45) is 3.38. The number of amides is 1. The Hall–Kier alpha value is -2.49. The molecule has 0 aliphatic carbocycles. The number of piperidine rings is 1. The first-order chi connectivity index (χ1) is 18.4. The van der Waals surface area contributed by atoms with E-state index >= 15 is 0 Å². The normalized spacial score (nSPS) is 15.0. The molecule has 2 aromatic carbocycles. The molecule has 0 unspecified atom stereocenters. The van der Waals surface area contributed by atoms with E-state index < -0.39 is 13.7 Å². The van der Waals surface area contributed by atoms with Crippen molar-refractivity contribution in [2.75, 3.05) is 19.7 Å². The van der Waals surface area contributed by atoms with E-state index in [0.29, 0.717) is 25.7 Å². The Morgan fingerprint density at radius 1 is 1.05 bits per heavy atom. The van der Waals surface area contributed by atoms with Crippen LogP contribution in [0.25, 0.3) is 22.4 Å². The molecule has 1 amide bonds. The lowest BCUT2D eigenvalue weighted by molar-refractivity contribution is 0.0205. The van der Waals surface area contributed by atoms with E-state index in [1.165, 1.54) is 11.1 Å². The monoisotopic (exact) mass is 612 g/mol. The fraction of sp³-hybridized carbons (Fsp3) is 0.500. The summed E-state index contributed by atoms with van der Waals surface area (Å²) in [4.78, 5) is 16.0. The molecule has 0 radical (unpaired) electrons. The van der Waals surface area contributed by atoms with Crippen LogP contribution in [0.3, 0.4) is 0 Å². The molecular weight excluding hydrogens is 572 g/mol. The maximum absolute atomic E-state index is 12.5. The number of likely N-dealkylation sites (tertiary alicyclic amines) is 1. The van der Waals surface area contributed by atoms with Gasteiger partial charge in [0.2, 0.25) is 0 Å². The zero-order valence-corrected chi connectivity index (χ0v) is 26.6. The summed E-state index contributed by atoms with van der Waals surface area (Å²) in [6.45, 7) is 15.3. The fourth-order valence-corrected chi connectivity index (χ4v) is 5.81. The first-order valence-corrected chi connectivity index (χ1v) is 18.2. The Kier molecular flexibility index (Phi) is 9.34. The summed E-state index contributed by atoms with van der Waals surface area (Å²) in [5.74, 6) is 0.372. The van der Waals surface area contributed by atoms with Crippen LogP contribution in [-0.2, 0) is 16.2 Å². The first kappa shape index (κ1) is 29.5. The quantitative estimate of drug-likeness (QED) is 0.192. The molecule has 1 saturated heterocycles. The van der Waals surface area contributed by atoms with Gasteiger partial charge in [-0.2, -0.15) is 15.0 Å². The largest absolute Gasteiger partial charge is 0.444 e. The summed E-state index contributed by atoms with van der Waals surface area (Å²) in [6, 6.07) is 16.1. The van der Waals surface area contributed by atoms with E-state index in [0.717, 1.165) is 46.8 Å². The van der Waals surface area contributed by atoms with Crippen LogP contribution in [0.5, 0.6) is 0 Å². The molecule has 7 nitrogen and oxygen atoms in total. The number of carbonyl (C=O) groups is 1. The molecule has 39 heavy (non-hydrogen) atoms. The molecule has 210 valence electrons. The van der Waals surface area contributed by atoms with Crippen LogP contribution < -0.4 is 0 Å². The first-order valence-electron chi connectivity index (χ1n) is 13.7. The number of benzene rings is 2. The Morgan fingerprint density at radius 2 is 1.72 bits per heavy atom. The predicted octanol–water partition coefficient (Wildman–Crippen LogP) is 7.80. The number of aromatic nitrogens is 3. The zero-order chi connectivity index (χ0) is 28.2. The molecule has 4 rings (SSSR count). The Morgan fingerprint density at radius 3 is 2.36 bits per heavy atom. The highest BCUT2D eigenvalue weighted by Crippen LogP contribution is 2.38. The molecular formula is C30H41BrN4O3Si. The minimum Gasteiger partial charge on any atom is -0.444 e. The van der Waals surface area contributed by atoms with Crippen molar-refractivity contribution in [1.82, 2.24) is 19.9 Å². The number of hydrogen-bond acceptors (Lipinski definition) is 5. The van der Waals surface area contributed by atoms with Crippen molar-refractivity contribution in [3.05, 3.63) is 58.7 Å². The van der Waals surface area contributed by atoms with Gasteiger partial charge in [0.15, 0.2) is 6.73 Å². The summed E-state index contributed by atoms with van der Waals surface area (Å²) in [5.41, 5.74) is 5.07. The van der Waals surface area contributed by atoms with E-state index in [2.05, 4.69) is 88.2 Å². The number of carbonyl (C=O) groups excluding carboxylic acids is 1. The highest BCUT2D eigenvalue weighted by Gasteiger charge is 2.28. The van der Waals surface area contributed by atoms with Crippen molar-refractivity contribution >= 4 is 30.1 Å². The van der Waals surface area contributed by atoms with Gasteiger partial charge in [0.05, 0.1) is 6.20 Å². The van der Waals surface area contributed by atoms with Gasteiger partial charge in [0, 0.05) is 37.8 Å². The van der Waals surface area contributed by atoms with E-state index in [-0.39, 0.29) is 6.09 Å². The van der Waals surface area contributed by atoms with Crippen molar-refractivity contribution in [1.29, 1.82) is 0 Å². The lowest BCUT2D eigenvalue weighted by Crippen LogP contribution is -2.41. The maximum Gasteiger partial charge on any atom is 0.410 e. The van der Waals surface area contributed by atoms with Crippen LogP contribution in [0, 0.1) is 0 Å². The average Bonchev–Trinajstić information content (AvgIpc) is 3.34. The minimum atomic E-state index is -1.11. The van der Waals surface area contributed by atoms with E-state index in [1.807, 2.05) is 25.7 Å². The van der Waals surface area contributed by atoms with Crippen molar-refractivity contribution in [3.63, 3.8) is 0 Å². The molecule has 0 N–H and O–H groups in total. The molecule has 1 aliphatic heterocycles. The molecule has 3 aromatic rings. The van der Waals surface area contributed by atoms with Crippen LogP contribution in [0.1, 0.15) is 45.1 Å². The molecule has 9 heteroatoms. The number of hydrogen-bond donors (Lipinski definition) is 0. The molecule has 0 atom stereocenters. The van der Waals surface area contributed by atoms with Crippen LogP contribution in [0.15, 0.2) is 53.1 Å². The molecule has 1 aromatic heterocycles. The smallest absolute Gasteiger partial charge is 0.410 e. The summed E-state index contributed by atoms with van der Waals surface area (Å²) in [7, 11) is -1.11. The second-order valence-electron chi connectivity index (χ2n) is 12.5. The van der Waals surface area contributed by atoms with Gasteiger partial charge in [-0.05, 0) is 74.4 Å². The zero-order valence-electron chi connectivity index (χ0n) is 24.0. The van der Waals surface area contributed by atoms with Crippen molar-refractivity contribution in [2.45, 2.75) is 77.5 Å². The number of ether oxygens (including phenoxy) is 2. The van der Waals surface area contributed by atoms with Gasteiger partial charge in [-0.15, -0.1) is 0 Å². The van der Waals surface area contributed by atoms with Crippen molar-refractivity contribution in [2.24, 2.45) is 0 Å². The molecule has 2 heterocycles. The third-order valence-corrected chi connectivity index (χ3v) is 9.03. The molecule has 0 spiro atoms. The number of nitrogens with zero attached hydrogens (tertiary/aromatic N) is 4. The second kappa shape index (κ2) is 12.4. The lowest BCUT2D eigenvalue weighted by atomic mass is 9.84. The Balaban J connectivity index is 1.42. The molecule has 0 saturated carbocycles. The number of rotatable bonds is 8. The van der Waals surface area contributed by atoms with Gasteiger partial charge in [-0.25, -0.2) is 4.79 Å². The lowest BCUT2D eigenvalue weighted by Gasteiger charge is -2.34. The van der Waals surface area contributed by atoms with Gasteiger partial charge in [-0.1, -0.05) is 65.9 Å². The van der Waals surface area contributed by atoms with Gasteiger partial charge in [0.1, 0.15) is 11.3 Å². The van der Waals surface area contributed by atoms with Gasteiger partial charge >= 0.3 is 6.09 Å². The van der Waals surface area contributed by atoms with Crippen LogP contribution in [0.4, 0.5) is 4.79 Å². The highest BCUT2D eigenvalue weighted by molar-refractivity contribution is 9.10. The summed E-state index contributed by atoms with van der Waals surface area (Å²) < 4.78 is 12.4. The van der Waals surface area contributed by atoms with Crippen LogP contribution >= 0.6 is 15.9 Å². The van der Waals surface area contributed by atoms with E-state index in [1.54, 1.807) is 11.0 Å². The average molecular weight is 614 g/mol. The maximum atomic E-state index is 12.5. The molecule has 1 fully saturated rings. The highest BCUT2D eigenvalue weighted by atomic mass is 79.9. The summed E-state index contributed by atoms with van der Waals surface area (Å²) >= 11 is 3.67. The fourth-order valence-electron chi connectivity index (χ4n) is 4.67. The van der Waals surface area contributed by atoms with Gasteiger partial charge in [0.25, 0.3) is 0 Å².